The van der Waals surface area contributed by atoms with Crippen LogP contribution in [0.1, 0.15) is 33.1 Å². The lowest BCUT2D eigenvalue weighted by atomic mass is 9.85. The molecule has 1 aromatic rings. The molecule has 2 rings (SSSR count). The Morgan fingerprint density at radius 1 is 1.52 bits per heavy atom. The number of hydrogen-bond acceptors (Lipinski definition) is 5. The summed E-state index contributed by atoms with van der Waals surface area (Å²) in [4.78, 5) is 12.0. The highest BCUT2D eigenvalue weighted by molar-refractivity contribution is 7.90. The Balaban J connectivity index is 1.78. The smallest absolute Gasteiger partial charge is 0.227 e. The van der Waals surface area contributed by atoms with Gasteiger partial charge < -0.3 is 10.1 Å². The van der Waals surface area contributed by atoms with Gasteiger partial charge in [-0.3, -0.25) is 9.48 Å². The fourth-order valence-electron chi connectivity index (χ4n) is 2.44. The Morgan fingerprint density at radius 3 is 2.87 bits per heavy atom. The molecule has 0 saturated carbocycles. The normalized spacial score (nSPS) is 21.1. The number of hydrogen-bond donors (Lipinski definition) is 1. The van der Waals surface area contributed by atoms with Gasteiger partial charge >= 0.3 is 0 Å². The number of carbonyl (C=O) groups excluding carboxylic acids is 1. The molecular weight excluding hydrogens is 318 g/mol. The van der Waals surface area contributed by atoms with Crippen LogP contribution in [0, 0.1) is 5.41 Å². The Labute approximate surface area is 137 Å². The van der Waals surface area contributed by atoms with Crippen molar-refractivity contribution in [1.82, 2.24) is 9.78 Å². The van der Waals surface area contributed by atoms with E-state index in [0.717, 1.165) is 12.8 Å². The standard InChI is InChI=1S/C15H25N3O4S/c1-15(2)5-4-13(22-11-15)8-14(19)17-12-9-16-18(10-12)6-7-23(3,20)21/h9-10,13H,4-8,11H2,1-3H3,(H,17,19). The molecule has 1 aliphatic heterocycles. The summed E-state index contributed by atoms with van der Waals surface area (Å²) in [5.41, 5.74) is 0.757. The summed E-state index contributed by atoms with van der Waals surface area (Å²) in [5, 5.41) is 6.82. The Kier molecular flexibility index (Phi) is 5.46. The number of nitrogens with zero attached hydrogens (tertiary/aromatic N) is 2. The average molecular weight is 343 g/mol. The number of nitrogens with one attached hydrogen (secondary N) is 1. The Morgan fingerprint density at radius 2 is 2.26 bits per heavy atom. The van der Waals surface area contributed by atoms with E-state index in [-0.39, 0.29) is 29.7 Å². The van der Waals surface area contributed by atoms with Gasteiger partial charge in [-0.25, -0.2) is 8.42 Å². The predicted octanol–water partition coefficient (Wildman–Crippen LogP) is 1.46. The largest absolute Gasteiger partial charge is 0.377 e. The van der Waals surface area contributed by atoms with Crippen LogP contribution in [-0.4, -0.2) is 48.8 Å². The van der Waals surface area contributed by atoms with E-state index in [4.69, 9.17) is 4.74 Å². The van der Waals surface area contributed by atoms with Crippen molar-refractivity contribution in [3.8, 4) is 0 Å². The lowest BCUT2D eigenvalue weighted by molar-refractivity contribution is -0.122. The highest BCUT2D eigenvalue weighted by Gasteiger charge is 2.28. The summed E-state index contributed by atoms with van der Waals surface area (Å²) >= 11 is 0. The van der Waals surface area contributed by atoms with Gasteiger partial charge in [0.05, 0.1) is 43.3 Å². The Bertz CT molecular complexity index is 641. The molecular formula is C15H25N3O4S. The zero-order valence-corrected chi connectivity index (χ0v) is 14.7. The van der Waals surface area contributed by atoms with E-state index in [2.05, 4.69) is 24.3 Å². The second-order valence-corrected chi connectivity index (χ2v) is 9.27. The third-order valence-electron chi connectivity index (χ3n) is 3.87. The lowest BCUT2D eigenvalue weighted by Crippen LogP contribution is -2.33. The van der Waals surface area contributed by atoms with Crippen molar-refractivity contribution in [3.05, 3.63) is 12.4 Å². The summed E-state index contributed by atoms with van der Waals surface area (Å²) < 4.78 is 29.5. The molecule has 1 aliphatic rings. The van der Waals surface area contributed by atoms with E-state index in [1.807, 2.05) is 0 Å². The summed E-state index contributed by atoms with van der Waals surface area (Å²) in [5.74, 6) is -0.0920. The topological polar surface area (TPSA) is 90.3 Å². The summed E-state index contributed by atoms with van der Waals surface area (Å²) in [6, 6.07) is 0. The van der Waals surface area contributed by atoms with Crippen LogP contribution in [0.2, 0.25) is 0 Å². The molecule has 0 aliphatic carbocycles. The first kappa shape index (κ1) is 17.9. The van der Waals surface area contributed by atoms with Crippen molar-refractivity contribution < 1.29 is 17.9 Å². The van der Waals surface area contributed by atoms with Gasteiger partial charge in [-0.2, -0.15) is 5.10 Å². The monoisotopic (exact) mass is 343 g/mol. The van der Waals surface area contributed by atoms with Crippen molar-refractivity contribution in [2.24, 2.45) is 5.41 Å². The summed E-state index contributed by atoms with van der Waals surface area (Å²) in [6.07, 6.45) is 6.56. The minimum atomic E-state index is -3.03. The maximum Gasteiger partial charge on any atom is 0.227 e. The van der Waals surface area contributed by atoms with Crippen LogP contribution in [0.4, 0.5) is 5.69 Å². The van der Waals surface area contributed by atoms with Crippen molar-refractivity contribution in [1.29, 1.82) is 0 Å². The van der Waals surface area contributed by atoms with E-state index >= 15 is 0 Å². The number of carbonyl (C=O) groups is 1. The molecule has 23 heavy (non-hydrogen) atoms. The average Bonchev–Trinajstić information content (AvgIpc) is 2.86. The zero-order valence-electron chi connectivity index (χ0n) is 13.9. The number of anilines is 1. The number of ether oxygens (including phenoxy) is 1. The van der Waals surface area contributed by atoms with Crippen LogP contribution >= 0.6 is 0 Å². The van der Waals surface area contributed by atoms with Gasteiger partial charge in [-0.1, -0.05) is 13.8 Å². The van der Waals surface area contributed by atoms with E-state index in [1.54, 1.807) is 6.20 Å². The molecule has 0 bridgehead atoms. The van der Waals surface area contributed by atoms with Gasteiger partial charge in [0, 0.05) is 12.5 Å². The third-order valence-corrected chi connectivity index (χ3v) is 4.80. The number of aryl methyl sites for hydroxylation is 1. The van der Waals surface area contributed by atoms with Crippen LogP contribution in [0.15, 0.2) is 12.4 Å². The van der Waals surface area contributed by atoms with Crippen molar-refractivity contribution in [3.63, 3.8) is 0 Å². The summed E-state index contributed by atoms with van der Waals surface area (Å²) in [7, 11) is -3.03. The van der Waals surface area contributed by atoms with Crippen molar-refractivity contribution >= 4 is 21.4 Å². The van der Waals surface area contributed by atoms with Crippen LogP contribution in [0.3, 0.4) is 0 Å². The molecule has 1 amide bonds. The number of amides is 1. The van der Waals surface area contributed by atoms with Crippen LogP contribution in [0.25, 0.3) is 0 Å². The first-order valence-electron chi connectivity index (χ1n) is 7.75. The van der Waals surface area contributed by atoms with Crippen LogP contribution in [-0.2, 0) is 25.9 Å². The SMILES string of the molecule is CC1(C)CCC(CC(=O)Nc2cnn(CCS(C)(=O)=O)c2)OC1. The van der Waals surface area contributed by atoms with Gasteiger partial charge in [0.15, 0.2) is 0 Å². The highest BCUT2D eigenvalue weighted by Crippen LogP contribution is 2.30. The lowest BCUT2D eigenvalue weighted by Gasteiger charge is -2.34. The maximum absolute atomic E-state index is 12.0. The Hall–Kier alpha value is -1.41. The second kappa shape index (κ2) is 7.00. The molecule has 1 atom stereocenters. The van der Waals surface area contributed by atoms with E-state index in [1.165, 1.54) is 17.1 Å². The summed E-state index contributed by atoms with van der Waals surface area (Å²) in [6.45, 7) is 5.27. The van der Waals surface area contributed by atoms with Crippen molar-refractivity contribution in [2.45, 2.75) is 45.8 Å². The van der Waals surface area contributed by atoms with Crippen LogP contribution < -0.4 is 5.32 Å². The van der Waals surface area contributed by atoms with Gasteiger partial charge in [-0.15, -0.1) is 0 Å². The number of rotatable bonds is 6. The molecule has 1 fully saturated rings. The molecule has 0 spiro atoms. The van der Waals surface area contributed by atoms with E-state index < -0.39 is 9.84 Å². The minimum absolute atomic E-state index is 0.0216. The van der Waals surface area contributed by atoms with Crippen LogP contribution in [0.5, 0.6) is 0 Å². The van der Waals surface area contributed by atoms with Gasteiger partial charge in [0.25, 0.3) is 0 Å². The second-order valence-electron chi connectivity index (χ2n) is 7.01. The zero-order chi connectivity index (χ0) is 17.1. The molecule has 1 aromatic heterocycles. The molecule has 1 unspecified atom stereocenters. The van der Waals surface area contributed by atoms with Gasteiger partial charge in [0.2, 0.25) is 5.91 Å². The maximum atomic E-state index is 12.0. The fourth-order valence-corrected chi connectivity index (χ4v) is 2.96. The highest BCUT2D eigenvalue weighted by atomic mass is 32.2. The molecule has 0 radical (unpaired) electrons. The van der Waals surface area contributed by atoms with Gasteiger partial charge in [0.1, 0.15) is 9.84 Å². The first-order valence-corrected chi connectivity index (χ1v) is 9.81. The molecule has 2 heterocycles. The molecule has 1 N–H and O–H groups in total. The quantitative estimate of drug-likeness (QED) is 0.844. The molecule has 1 saturated heterocycles. The third kappa shape index (κ3) is 6.31. The predicted molar refractivity (Wildman–Crippen MR) is 87.9 cm³/mol. The molecule has 8 heteroatoms. The number of sulfone groups is 1. The first-order chi connectivity index (χ1) is 10.6. The van der Waals surface area contributed by atoms with Gasteiger partial charge in [-0.05, 0) is 18.3 Å². The molecule has 0 aromatic carbocycles. The molecule has 7 nitrogen and oxygen atoms in total. The van der Waals surface area contributed by atoms with E-state index in [0.29, 0.717) is 18.7 Å². The van der Waals surface area contributed by atoms with Crippen molar-refractivity contribution in [2.75, 3.05) is 23.9 Å². The number of aromatic nitrogens is 2. The minimum Gasteiger partial charge on any atom is -0.377 e. The van der Waals surface area contributed by atoms with E-state index in [9.17, 15) is 13.2 Å². The fraction of sp³-hybridized carbons (Fsp3) is 0.733. The molecule has 130 valence electrons.